The fourth-order valence-electron chi connectivity index (χ4n) is 5.67. The summed E-state index contributed by atoms with van der Waals surface area (Å²) in [6, 6.07) is 10.5. The molecule has 3 aromatic rings. The van der Waals surface area contributed by atoms with Crippen molar-refractivity contribution < 1.29 is 14.0 Å². The Balaban J connectivity index is 1.35. The first-order valence-electron chi connectivity index (χ1n) is 14.4. The second-order valence-corrected chi connectivity index (χ2v) is 18.9. The van der Waals surface area contributed by atoms with Crippen molar-refractivity contribution in [3.63, 3.8) is 0 Å². The number of carbonyl (C=O) groups excluding carboxylic acids is 1. The molecule has 2 aromatic heterocycles. The van der Waals surface area contributed by atoms with Crippen molar-refractivity contribution in [1.29, 1.82) is 5.26 Å². The van der Waals surface area contributed by atoms with Gasteiger partial charge in [-0.25, -0.2) is 9.97 Å². The number of amides is 1. The van der Waals surface area contributed by atoms with Crippen LogP contribution in [0, 0.1) is 11.3 Å². The van der Waals surface area contributed by atoms with Crippen LogP contribution in [0.1, 0.15) is 64.2 Å². The molecule has 1 unspecified atom stereocenters. The van der Waals surface area contributed by atoms with Gasteiger partial charge in [0.2, 0.25) is 11.8 Å². The molecule has 0 bridgehead atoms. The molecule has 3 heterocycles. The quantitative estimate of drug-likeness (QED) is 0.264. The first kappa shape index (κ1) is 29.4. The summed E-state index contributed by atoms with van der Waals surface area (Å²) >= 11 is 1.60. The van der Waals surface area contributed by atoms with E-state index in [1.807, 2.05) is 24.9 Å². The van der Waals surface area contributed by atoms with Crippen LogP contribution in [0.3, 0.4) is 0 Å². The first-order chi connectivity index (χ1) is 19.3. The van der Waals surface area contributed by atoms with Crippen LogP contribution in [0.5, 0.6) is 5.88 Å². The molecular formula is C32H40N4O3SSi. The summed E-state index contributed by atoms with van der Waals surface area (Å²) in [5, 5.41) is 10.6. The molecule has 2 aliphatic rings. The number of ether oxygens (including phenoxy) is 1. The highest BCUT2D eigenvalue weighted by Crippen LogP contribution is 2.49. The number of fused-ring (bicyclic) bond motifs is 2. The lowest BCUT2D eigenvalue weighted by atomic mass is 9.80. The molecule has 1 aromatic carbocycles. The van der Waals surface area contributed by atoms with E-state index in [1.165, 1.54) is 16.7 Å². The molecule has 5 rings (SSSR count). The molecule has 1 saturated heterocycles. The minimum Gasteiger partial charge on any atom is -0.474 e. The molecule has 0 radical (unpaired) electrons. The lowest BCUT2D eigenvalue weighted by molar-refractivity contribution is -0.128. The van der Waals surface area contributed by atoms with Gasteiger partial charge in [-0.05, 0) is 67.6 Å². The van der Waals surface area contributed by atoms with E-state index in [2.05, 4.69) is 63.1 Å². The predicted octanol–water partition coefficient (Wildman–Crippen LogP) is 6.97. The third kappa shape index (κ3) is 5.70. The van der Waals surface area contributed by atoms with Gasteiger partial charge >= 0.3 is 0 Å². The number of hydrogen-bond donors (Lipinski definition) is 0. The SMILES string of the molecule is CC(C)Oc1ncc(-c2ncc(-c3cccc4c3CCC43CC(=O)N(CCO[Si](C)(C)C(C)(C)C)C3)s2)cc1C#N. The fourth-order valence-corrected chi connectivity index (χ4v) is 7.66. The Hall–Kier alpha value is -3.06. The van der Waals surface area contributed by atoms with E-state index in [-0.39, 0.29) is 22.5 Å². The van der Waals surface area contributed by atoms with Crippen LogP contribution in [0.2, 0.25) is 18.1 Å². The Morgan fingerprint density at radius 1 is 1.22 bits per heavy atom. The Kier molecular flexibility index (Phi) is 7.88. The Bertz CT molecular complexity index is 1500. The summed E-state index contributed by atoms with van der Waals surface area (Å²) in [5.41, 5.74) is 4.88. The molecule has 0 saturated carbocycles. The van der Waals surface area contributed by atoms with Crippen LogP contribution in [-0.4, -0.2) is 54.9 Å². The highest BCUT2D eigenvalue weighted by molar-refractivity contribution is 7.18. The van der Waals surface area contributed by atoms with Gasteiger partial charge in [0.1, 0.15) is 16.6 Å². The van der Waals surface area contributed by atoms with E-state index in [9.17, 15) is 10.1 Å². The smallest absolute Gasteiger partial charge is 0.231 e. The fraction of sp³-hybridized carbons (Fsp3) is 0.500. The van der Waals surface area contributed by atoms with Gasteiger partial charge in [-0.15, -0.1) is 11.3 Å². The second-order valence-electron chi connectivity index (χ2n) is 13.1. The maximum Gasteiger partial charge on any atom is 0.231 e. The topological polar surface area (TPSA) is 88.3 Å². The van der Waals surface area contributed by atoms with Crippen LogP contribution in [0.25, 0.3) is 21.0 Å². The van der Waals surface area contributed by atoms with E-state index in [4.69, 9.17) is 14.1 Å². The van der Waals surface area contributed by atoms with E-state index >= 15 is 0 Å². The maximum absolute atomic E-state index is 13.2. The number of hydrogen-bond acceptors (Lipinski definition) is 7. The Morgan fingerprint density at radius 3 is 2.71 bits per heavy atom. The van der Waals surface area contributed by atoms with Gasteiger partial charge in [-0.3, -0.25) is 4.79 Å². The minimum absolute atomic E-state index is 0.0618. The zero-order valence-electron chi connectivity index (χ0n) is 25.2. The molecule has 216 valence electrons. The van der Waals surface area contributed by atoms with Crippen molar-refractivity contribution >= 4 is 25.6 Å². The van der Waals surface area contributed by atoms with Crippen molar-refractivity contribution in [3.05, 3.63) is 53.3 Å². The van der Waals surface area contributed by atoms with Crippen molar-refractivity contribution in [2.24, 2.45) is 0 Å². The molecule has 1 amide bonds. The van der Waals surface area contributed by atoms with Crippen molar-refractivity contribution in [2.75, 3.05) is 19.7 Å². The van der Waals surface area contributed by atoms with Crippen molar-refractivity contribution in [1.82, 2.24) is 14.9 Å². The van der Waals surface area contributed by atoms with E-state index in [0.29, 0.717) is 31.0 Å². The monoisotopic (exact) mass is 588 g/mol. The van der Waals surface area contributed by atoms with Gasteiger partial charge in [0.25, 0.3) is 0 Å². The largest absolute Gasteiger partial charge is 0.474 e. The zero-order valence-corrected chi connectivity index (χ0v) is 27.0. The van der Waals surface area contributed by atoms with Gasteiger partial charge in [0.15, 0.2) is 8.32 Å². The summed E-state index contributed by atoms with van der Waals surface area (Å²) in [6.07, 6.45) is 6.05. The number of rotatable bonds is 8. The number of carbonyl (C=O) groups is 1. The number of thiazole rings is 1. The Morgan fingerprint density at radius 2 is 2.00 bits per heavy atom. The zero-order chi connectivity index (χ0) is 29.6. The van der Waals surface area contributed by atoms with Crippen molar-refractivity contribution in [3.8, 4) is 33.0 Å². The number of pyridine rings is 1. The van der Waals surface area contributed by atoms with Crippen LogP contribution in [0.15, 0.2) is 36.7 Å². The number of nitrogens with zero attached hydrogens (tertiary/aromatic N) is 4. The van der Waals surface area contributed by atoms with Gasteiger partial charge in [0.05, 0.1) is 17.6 Å². The molecule has 41 heavy (non-hydrogen) atoms. The summed E-state index contributed by atoms with van der Waals surface area (Å²) < 4.78 is 12.1. The van der Waals surface area contributed by atoms with Crippen molar-refractivity contribution in [2.45, 2.75) is 83.5 Å². The first-order valence-corrected chi connectivity index (χ1v) is 18.1. The van der Waals surface area contributed by atoms with Crippen LogP contribution < -0.4 is 4.74 Å². The highest BCUT2D eigenvalue weighted by atomic mass is 32.1. The molecule has 1 spiro atoms. The molecule has 1 aliphatic heterocycles. The lowest BCUT2D eigenvalue weighted by Gasteiger charge is -2.36. The van der Waals surface area contributed by atoms with Crippen LogP contribution in [-0.2, 0) is 21.1 Å². The molecular weight excluding hydrogens is 549 g/mol. The molecule has 0 N–H and O–H groups in total. The van der Waals surface area contributed by atoms with Gasteiger partial charge in [0, 0.05) is 42.9 Å². The van der Waals surface area contributed by atoms with E-state index in [1.54, 1.807) is 23.6 Å². The third-order valence-electron chi connectivity index (χ3n) is 8.90. The number of benzene rings is 1. The molecule has 9 heteroatoms. The van der Waals surface area contributed by atoms with Crippen LogP contribution >= 0.6 is 11.3 Å². The second kappa shape index (κ2) is 11.0. The number of aromatic nitrogens is 2. The van der Waals surface area contributed by atoms with E-state index in [0.717, 1.165) is 34.8 Å². The third-order valence-corrected chi connectivity index (χ3v) is 14.5. The maximum atomic E-state index is 13.2. The van der Waals surface area contributed by atoms with E-state index < -0.39 is 8.32 Å². The molecule has 1 atom stereocenters. The molecule has 1 fully saturated rings. The van der Waals surface area contributed by atoms with Gasteiger partial charge in [-0.1, -0.05) is 39.0 Å². The normalized spacial score (nSPS) is 18.8. The Labute approximate surface area is 248 Å². The predicted molar refractivity (Wildman–Crippen MR) is 166 cm³/mol. The van der Waals surface area contributed by atoms with Crippen LogP contribution in [0.4, 0.5) is 0 Å². The summed E-state index contributed by atoms with van der Waals surface area (Å²) in [5.74, 6) is 0.578. The lowest BCUT2D eigenvalue weighted by Crippen LogP contribution is -2.43. The van der Waals surface area contributed by atoms with Gasteiger partial charge < -0.3 is 14.1 Å². The summed E-state index contributed by atoms with van der Waals surface area (Å²) in [7, 11) is -1.85. The molecule has 1 aliphatic carbocycles. The summed E-state index contributed by atoms with van der Waals surface area (Å²) in [6.45, 7) is 17.1. The summed E-state index contributed by atoms with van der Waals surface area (Å²) in [4.78, 5) is 25.4. The number of likely N-dealkylation sites (tertiary alicyclic amines) is 1. The van der Waals surface area contributed by atoms with Gasteiger partial charge in [-0.2, -0.15) is 5.26 Å². The average Bonchev–Trinajstić information content (AvgIpc) is 3.61. The average molecular weight is 589 g/mol. The highest BCUT2D eigenvalue weighted by Gasteiger charge is 2.48. The standard InChI is InChI=1S/C32H40N4O3SSi/c1-21(2)39-29-22(17-33)15-23(18-34-29)30-35-19-27(40-30)25-9-8-10-26-24(25)11-12-32(26)16-28(37)36(20-32)13-14-38-41(6,7)31(3,4)5/h8-10,15,18-19,21H,11-14,16,20H2,1-7H3. The molecule has 7 nitrogen and oxygen atoms in total. The number of nitriles is 1. The minimum atomic E-state index is -1.85.